The Hall–Kier alpha value is -3.59. The predicted octanol–water partition coefficient (Wildman–Crippen LogP) is 6.63. The molecule has 3 fully saturated rings. The number of pyridine rings is 1. The summed E-state index contributed by atoms with van der Waals surface area (Å²) in [7, 11) is 0. The number of aryl methyl sites for hydroxylation is 1. The normalized spacial score (nSPS) is 20.5. The van der Waals surface area contributed by atoms with Crippen LogP contribution in [0.2, 0.25) is 0 Å². The summed E-state index contributed by atoms with van der Waals surface area (Å²) in [4.78, 5) is 18.8. The van der Waals surface area contributed by atoms with E-state index < -0.39 is 5.82 Å². The minimum atomic E-state index is -0.634. The van der Waals surface area contributed by atoms with Gasteiger partial charge in [-0.25, -0.2) is 8.78 Å². The lowest BCUT2D eigenvalue weighted by atomic mass is 9.94. The van der Waals surface area contributed by atoms with Gasteiger partial charge >= 0.3 is 6.01 Å². The molecule has 4 aromatic rings. The fourth-order valence-electron chi connectivity index (χ4n) is 7.59. The Balaban J connectivity index is 1.38. The Kier molecular flexibility index (Phi) is 6.88. The molecule has 3 aliphatic rings. The zero-order valence-electron chi connectivity index (χ0n) is 24.3. The average Bonchev–Trinajstić information content (AvgIpc) is 3.57. The number of phenolic OH excluding ortho intramolecular Hbond substituents is 1. The van der Waals surface area contributed by atoms with Crippen LogP contribution in [0.1, 0.15) is 57.9 Å². The van der Waals surface area contributed by atoms with Gasteiger partial charge in [-0.15, -0.1) is 0 Å². The van der Waals surface area contributed by atoms with Gasteiger partial charge in [-0.05, 0) is 98.5 Å². The van der Waals surface area contributed by atoms with Crippen molar-refractivity contribution in [3.05, 3.63) is 47.7 Å². The van der Waals surface area contributed by atoms with Gasteiger partial charge in [0.15, 0.2) is 5.82 Å². The average molecular weight is 574 g/mol. The number of halogens is 2. The highest BCUT2D eigenvalue weighted by atomic mass is 19.1. The van der Waals surface area contributed by atoms with Gasteiger partial charge in [0, 0.05) is 24.8 Å². The number of hydrogen-bond donors (Lipinski definition) is 1. The van der Waals surface area contributed by atoms with E-state index in [9.17, 15) is 9.50 Å². The second kappa shape index (κ2) is 10.6. The van der Waals surface area contributed by atoms with Crippen LogP contribution in [0.25, 0.3) is 32.9 Å². The number of anilines is 1. The Morgan fingerprint density at radius 3 is 2.64 bits per heavy atom. The molecule has 0 aliphatic carbocycles. The first-order chi connectivity index (χ1) is 20.4. The van der Waals surface area contributed by atoms with E-state index in [2.05, 4.69) is 26.7 Å². The maximum absolute atomic E-state index is 16.7. The molecule has 7 nitrogen and oxygen atoms in total. The molecule has 0 bridgehead atoms. The van der Waals surface area contributed by atoms with Crippen LogP contribution in [-0.4, -0.2) is 63.3 Å². The van der Waals surface area contributed by atoms with E-state index in [0.29, 0.717) is 52.0 Å². The number of aromatic hydroxyl groups is 1. The maximum atomic E-state index is 16.7. The molecule has 7 rings (SSSR count). The van der Waals surface area contributed by atoms with Gasteiger partial charge in [-0.2, -0.15) is 9.97 Å². The summed E-state index contributed by atoms with van der Waals surface area (Å²) in [5, 5.41) is 12.2. The van der Waals surface area contributed by atoms with Crippen LogP contribution in [0.5, 0.6) is 11.8 Å². The zero-order valence-corrected chi connectivity index (χ0v) is 24.3. The van der Waals surface area contributed by atoms with Crippen LogP contribution in [-0.2, 0) is 6.42 Å². The molecule has 0 spiro atoms. The highest BCUT2D eigenvalue weighted by molar-refractivity contribution is 6.01. The minimum absolute atomic E-state index is 0.00117. The first kappa shape index (κ1) is 27.3. The van der Waals surface area contributed by atoms with Crippen molar-refractivity contribution in [2.24, 2.45) is 5.92 Å². The van der Waals surface area contributed by atoms with Gasteiger partial charge in [0.05, 0.1) is 10.9 Å². The van der Waals surface area contributed by atoms with Crippen molar-refractivity contribution >= 4 is 27.5 Å². The van der Waals surface area contributed by atoms with E-state index in [1.54, 1.807) is 18.3 Å². The van der Waals surface area contributed by atoms with Gasteiger partial charge in [-0.1, -0.05) is 19.9 Å². The number of fused-ring (bicyclic) bond motifs is 3. The lowest BCUT2D eigenvalue weighted by molar-refractivity contribution is 0.108. The number of nitrogens with zero attached hydrogens (tertiary/aromatic N) is 5. The maximum Gasteiger partial charge on any atom is 0.319 e. The summed E-state index contributed by atoms with van der Waals surface area (Å²) in [5.74, 6) is 0.0678. The second-order valence-corrected chi connectivity index (χ2v) is 12.4. The molecule has 0 radical (unpaired) electrons. The number of piperidine rings is 1. The smallest absolute Gasteiger partial charge is 0.319 e. The van der Waals surface area contributed by atoms with E-state index in [1.807, 2.05) is 6.92 Å². The number of hydrogen-bond acceptors (Lipinski definition) is 7. The van der Waals surface area contributed by atoms with E-state index in [4.69, 9.17) is 9.72 Å². The molecule has 220 valence electrons. The Morgan fingerprint density at radius 2 is 1.88 bits per heavy atom. The lowest BCUT2D eigenvalue weighted by Crippen LogP contribution is -2.43. The van der Waals surface area contributed by atoms with E-state index in [0.717, 1.165) is 64.7 Å². The summed E-state index contributed by atoms with van der Waals surface area (Å²) >= 11 is 0. The molecule has 1 unspecified atom stereocenters. The summed E-state index contributed by atoms with van der Waals surface area (Å²) in [6, 6.07) is 6.17. The fraction of sp³-hybridized carbons (Fsp3) is 0.485. The molecule has 3 saturated heterocycles. The third-order valence-electron chi connectivity index (χ3n) is 9.64. The van der Waals surface area contributed by atoms with Crippen LogP contribution < -0.4 is 9.64 Å². The second-order valence-electron chi connectivity index (χ2n) is 12.4. The first-order valence-corrected chi connectivity index (χ1v) is 15.3. The quantitative estimate of drug-likeness (QED) is 0.277. The standard InChI is InChI=1S/C33H37F2N5O2/c1-3-23-26(34)9-8-21-15-22(41)16-24(27(21)23)29-28(35)30-25(17-36-29)31(39-12-4-7-20(2)18-39)38-32(37-30)42-19-33-10-5-13-40(33)14-6-11-33/h8-9,15-17,20,41H,3-7,10-14,18-19H2,1-2H3. The summed E-state index contributed by atoms with van der Waals surface area (Å²) in [6.45, 7) is 8.34. The predicted molar refractivity (Wildman–Crippen MR) is 160 cm³/mol. The van der Waals surface area contributed by atoms with Crippen LogP contribution in [0, 0.1) is 17.6 Å². The largest absolute Gasteiger partial charge is 0.508 e. The molecule has 0 amide bonds. The summed E-state index contributed by atoms with van der Waals surface area (Å²) in [5.41, 5.74) is 0.928. The number of benzene rings is 2. The van der Waals surface area contributed by atoms with Crippen molar-refractivity contribution in [1.82, 2.24) is 19.9 Å². The van der Waals surface area contributed by atoms with Gasteiger partial charge in [0.25, 0.3) is 0 Å². The number of aromatic nitrogens is 3. The molecular weight excluding hydrogens is 536 g/mol. The van der Waals surface area contributed by atoms with Crippen molar-refractivity contribution in [1.29, 1.82) is 0 Å². The third-order valence-corrected chi connectivity index (χ3v) is 9.64. The molecule has 3 aliphatic heterocycles. The third kappa shape index (κ3) is 4.53. The molecule has 1 N–H and O–H groups in total. The van der Waals surface area contributed by atoms with Gasteiger partial charge in [0.1, 0.15) is 35.2 Å². The monoisotopic (exact) mass is 573 g/mol. The zero-order chi connectivity index (χ0) is 29.0. The molecule has 5 heterocycles. The van der Waals surface area contributed by atoms with Crippen LogP contribution in [0.4, 0.5) is 14.6 Å². The number of phenols is 1. The molecule has 2 aromatic carbocycles. The van der Waals surface area contributed by atoms with E-state index >= 15 is 4.39 Å². The van der Waals surface area contributed by atoms with Crippen LogP contribution >= 0.6 is 0 Å². The highest BCUT2D eigenvalue weighted by Crippen LogP contribution is 2.41. The Labute approximate surface area is 244 Å². The molecule has 1 atom stereocenters. The molecule has 9 heteroatoms. The Bertz CT molecular complexity index is 1670. The van der Waals surface area contributed by atoms with Gasteiger partial charge in [0.2, 0.25) is 0 Å². The number of rotatable bonds is 6. The van der Waals surface area contributed by atoms with Crippen molar-refractivity contribution in [2.75, 3.05) is 37.7 Å². The van der Waals surface area contributed by atoms with E-state index in [-0.39, 0.29) is 34.3 Å². The molecule has 42 heavy (non-hydrogen) atoms. The minimum Gasteiger partial charge on any atom is -0.508 e. The molecule has 0 saturated carbocycles. The van der Waals surface area contributed by atoms with Crippen LogP contribution in [0.15, 0.2) is 30.5 Å². The fourth-order valence-corrected chi connectivity index (χ4v) is 7.59. The number of ether oxygens (including phenoxy) is 1. The Morgan fingerprint density at radius 1 is 1.07 bits per heavy atom. The van der Waals surface area contributed by atoms with Crippen molar-refractivity contribution in [3.63, 3.8) is 0 Å². The lowest BCUT2D eigenvalue weighted by Gasteiger charge is -2.33. The highest BCUT2D eigenvalue weighted by Gasteiger charge is 2.45. The van der Waals surface area contributed by atoms with Crippen molar-refractivity contribution in [2.45, 2.75) is 64.3 Å². The van der Waals surface area contributed by atoms with Crippen molar-refractivity contribution < 1.29 is 18.6 Å². The topological polar surface area (TPSA) is 74.6 Å². The van der Waals surface area contributed by atoms with Crippen LogP contribution in [0.3, 0.4) is 0 Å². The van der Waals surface area contributed by atoms with E-state index in [1.165, 1.54) is 12.1 Å². The van der Waals surface area contributed by atoms with Gasteiger partial charge in [-0.3, -0.25) is 9.88 Å². The SMILES string of the molecule is CCc1c(F)ccc2cc(O)cc(-c3ncc4c(N5CCCC(C)C5)nc(OCC56CCCN5CCC6)nc4c3F)c12. The first-order valence-electron chi connectivity index (χ1n) is 15.3. The summed E-state index contributed by atoms with van der Waals surface area (Å²) in [6.07, 6.45) is 8.66. The molecular formula is C33H37F2N5O2. The summed E-state index contributed by atoms with van der Waals surface area (Å²) < 4.78 is 37.9. The molecule has 2 aromatic heterocycles. The van der Waals surface area contributed by atoms with Crippen molar-refractivity contribution in [3.8, 4) is 23.0 Å². The van der Waals surface area contributed by atoms with Gasteiger partial charge < -0.3 is 14.7 Å².